The Morgan fingerprint density at radius 2 is 2.07 bits per heavy atom. The summed E-state index contributed by atoms with van der Waals surface area (Å²) in [7, 11) is 0. The van der Waals surface area contributed by atoms with Crippen LogP contribution in [0.3, 0.4) is 0 Å². The van der Waals surface area contributed by atoms with E-state index in [0.717, 1.165) is 11.3 Å². The number of hydrogen-bond acceptors (Lipinski definition) is 6. The van der Waals surface area contributed by atoms with Crippen LogP contribution in [0, 0.1) is 5.82 Å². The number of morpholine rings is 1. The molecular weight excluding hydrogens is 479 g/mol. The number of carbonyl (C=O) groups excluding carboxylic acids is 2. The van der Waals surface area contributed by atoms with Gasteiger partial charge in [0.05, 0.1) is 30.4 Å². The number of esters is 1. The van der Waals surface area contributed by atoms with Gasteiger partial charge in [-0.25, -0.2) is 9.18 Å². The maximum Gasteiger partial charge on any atom is 0.333 e. The average molecular weight is 499 g/mol. The summed E-state index contributed by atoms with van der Waals surface area (Å²) in [6.45, 7) is 3.38. The van der Waals surface area contributed by atoms with E-state index >= 15 is 0 Å². The molecule has 1 aromatic heterocycles. The lowest BCUT2D eigenvalue weighted by molar-refractivity contribution is -0.136. The maximum absolute atomic E-state index is 14.1. The lowest BCUT2D eigenvalue weighted by Gasteiger charge is -2.26. The van der Waals surface area contributed by atoms with Gasteiger partial charge in [-0.15, -0.1) is 11.3 Å². The van der Waals surface area contributed by atoms with Crippen LogP contribution in [-0.4, -0.2) is 54.3 Å². The third-order valence-electron chi connectivity index (χ3n) is 4.37. The van der Waals surface area contributed by atoms with Gasteiger partial charge in [-0.2, -0.15) is 0 Å². The van der Waals surface area contributed by atoms with Crippen molar-refractivity contribution < 1.29 is 23.5 Å². The largest absolute Gasteiger partial charge is 0.463 e. The molecule has 0 bridgehead atoms. The SMILES string of the molecule is CCOC(=O)/C=c1\s/c(=C\c2cc(Br)ccc2F)c(=O)n1CC(=O)N1CCOCC1. The first-order valence-corrected chi connectivity index (χ1v) is 10.9. The molecule has 1 saturated heterocycles. The summed E-state index contributed by atoms with van der Waals surface area (Å²) in [5, 5.41) is 0. The molecule has 0 radical (unpaired) electrons. The Morgan fingerprint density at radius 3 is 2.77 bits per heavy atom. The second-order valence-electron chi connectivity index (χ2n) is 6.40. The summed E-state index contributed by atoms with van der Waals surface area (Å²) in [6.07, 6.45) is 2.59. The standard InChI is InChI=1S/C20H20BrFN2O5S/c1-2-29-19(26)11-18-24(12-17(25)23-5-7-28-8-6-23)20(27)16(30-18)10-13-9-14(21)3-4-15(13)22/h3-4,9-11H,2,5-8,12H2,1H3/b16-10-,18-11-. The molecule has 10 heteroatoms. The van der Waals surface area contributed by atoms with Crippen molar-refractivity contribution in [3.05, 3.63) is 53.6 Å². The molecule has 0 aliphatic carbocycles. The molecule has 3 rings (SSSR count). The molecular formula is C20H20BrFN2O5S. The summed E-state index contributed by atoms with van der Waals surface area (Å²) in [6, 6.07) is 4.39. The molecule has 7 nitrogen and oxygen atoms in total. The molecule has 1 aromatic carbocycles. The normalized spacial score (nSPS) is 15.5. The molecule has 0 unspecified atom stereocenters. The number of ether oxygens (including phenoxy) is 2. The number of aromatic nitrogens is 1. The van der Waals surface area contributed by atoms with E-state index in [1.165, 1.54) is 22.8 Å². The van der Waals surface area contributed by atoms with Gasteiger partial charge in [0.2, 0.25) is 5.91 Å². The van der Waals surface area contributed by atoms with Crippen molar-refractivity contribution in [3.8, 4) is 0 Å². The Morgan fingerprint density at radius 1 is 1.33 bits per heavy atom. The molecule has 160 valence electrons. The first kappa shape index (κ1) is 22.4. The molecule has 0 atom stereocenters. The molecule has 2 heterocycles. The van der Waals surface area contributed by atoms with Crippen molar-refractivity contribution in [2.45, 2.75) is 13.5 Å². The number of benzene rings is 1. The highest BCUT2D eigenvalue weighted by atomic mass is 79.9. The second-order valence-corrected chi connectivity index (χ2v) is 8.37. The number of halogens is 2. The first-order chi connectivity index (χ1) is 14.4. The fourth-order valence-electron chi connectivity index (χ4n) is 2.89. The van der Waals surface area contributed by atoms with Gasteiger partial charge in [0.1, 0.15) is 17.0 Å². The highest BCUT2D eigenvalue weighted by Crippen LogP contribution is 2.15. The molecule has 2 aromatic rings. The molecule has 30 heavy (non-hydrogen) atoms. The third-order valence-corrected chi connectivity index (χ3v) is 5.92. The van der Waals surface area contributed by atoms with E-state index in [0.29, 0.717) is 30.8 Å². The summed E-state index contributed by atoms with van der Waals surface area (Å²) >= 11 is 4.28. The van der Waals surface area contributed by atoms with Crippen LogP contribution in [0.4, 0.5) is 4.39 Å². The van der Waals surface area contributed by atoms with Crippen LogP contribution in [-0.2, 0) is 25.6 Å². The molecule has 0 saturated carbocycles. The van der Waals surface area contributed by atoms with Gasteiger partial charge in [-0.05, 0) is 31.2 Å². The highest BCUT2D eigenvalue weighted by molar-refractivity contribution is 9.10. The van der Waals surface area contributed by atoms with Crippen LogP contribution >= 0.6 is 27.3 Å². The zero-order valence-corrected chi connectivity index (χ0v) is 18.6. The van der Waals surface area contributed by atoms with E-state index in [1.807, 2.05) is 0 Å². The molecule has 0 N–H and O–H groups in total. The van der Waals surface area contributed by atoms with Gasteiger partial charge < -0.3 is 14.4 Å². The molecule has 1 aliphatic rings. The Bertz CT molecular complexity index is 1120. The summed E-state index contributed by atoms with van der Waals surface area (Å²) in [5.41, 5.74) is -0.256. The zero-order chi connectivity index (χ0) is 21.7. The molecule has 0 spiro atoms. The van der Waals surface area contributed by atoms with Crippen LogP contribution in [0.5, 0.6) is 0 Å². The quantitative estimate of drug-likeness (QED) is 0.571. The predicted octanol–water partition coefficient (Wildman–Crippen LogP) is 0.843. The van der Waals surface area contributed by atoms with Crippen LogP contribution in [0.2, 0.25) is 0 Å². The number of amides is 1. The Balaban J connectivity index is 2.06. The summed E-state index contributed by atoms with van der Waals surface area (Å²) in [4.78, 5) is 39.2. The van der Waals surface area contributed by atoms with Gasteiger partial charge in [0.25, 0.3) is 5.56 Å². The maximum atomic E-state index is 14.1. The van der Waals surface area contributed by atoms with Crippen LogP contribution in [0.15, 0.2) is 27.5 Å². The van der Waals surface area contributed by atoms with Crippen molar-refractivity contribution in [1.82, 2.24) is 9.47 Å². The predicted molar refractivity (Wildman–Crippen MR) is 114 cm³/mol. The van der Waals surface area contributed by atoms with E-state index in [1.54, 1.807) is 24.0 Å². The Hall–Kier alpha value is -2.30. The van der Waals surface area contributed by atoms with E-state index in [4.69, 9.17) is 9.47 Å². The van der Waals surface area contributed by atoms with Gasteiger partial charge in [0, 0.05) is 23.1 Å². The topological polar surface area (TPSA) is 77.8 Å². The fraction of sp³-hybridized carbons (Fsp3) is 0.350. The van der Waals surface area contributed by atoms with E-state index < -0.39 is 17.3 Å². The van der Waals surface area contributed by atoms with Crippen molar-refractivity contribution in [2.24, 2.45) is 0 Å². The lowest BCUT2D eigenvalue weighted by atomic mass is 10.2. The third kappa shape index (κ3) is 5.44. The van der Waals surface area contributed by atoms with Crippen LogP contribution in [0.25, 0.3) is 12.2 Å². The van der Waals surface area contributed by atoms with E-state index in [2.05, 4.69) is 15.9 Å². The van der Waals surface area contributed by atoms with Gasteiger partial charge in [0.15, 0.2) is 0 Å². The van der Waals surface area contributed by atoms with Gasteiger partial charge >= 0.3 is 5.97 Å². The highest BCUT2D eigenvalue weighted by Gasteiger charge is 2.19. The van der Waals surface area contributed by atoms with Crippen molar-refractivity contribution in [1.29, 1.82) is 0 Å². The Labute approximate surface area is 184 Å². The number of hydrogen-bond donors (Lipinski definition) is 0. The number of nitrogens with zero attached hydrogens (tertiary/aromatic N) is 2. The lowest BCUT2D eigenvalue weighted by Crippen LogP contribution is -2.45. The molecule has 1 amide bonds. The van der Waals surface area contributed by atoms with E-state index in [9.17, 15) is 18.8 Å². The van der Waals surface area contributed by atoms with Gasteiger partial charge in [-0.1, -0.05) is 15.9 Å². The summed E-state index contributed by atoms with van der Waals surface area (Å²) in [5.74, 6) is -1.36. The monoisotopic (exact) mass is 498 g/mol. The summed E-state index contributed by atoms with van der Waals surface area (Å²) < 4.78 is 26.7. The minimum absolute atomic E-state index is 0.180. The second kappa shape index (κ2) is 10.1. The van der Waals surface area contributed by atoms with Crippen LogP contribution < -0.4 is 14.8 Å². The van der Waals surface area contributed by atoms with Crippen LogP contribution in [0.1, 0.15) is 12.5 Å². The average Bonchev–Trinajstić information content (AvgIpc) is 3.00. The minimum atomic E-state index is -0.619. The van der Waals surface area contributed by atoms with Crippen molar-refractivity contribution in [2.75, 3.05) is 32.9 Å². The number of thiazole rings is 1. The molecule has 1 aliphatic heterocycles. The zero-order valence-electron chi connectivity index (χ0n) is 16.2. The van der Waals surface area contributed by atoms with Crippen molar-refractivity contribution >= 4 is 51.3 Å². The fourth-order valence-corrected chi connectivity index (χ4v) is 4.29. The van der Waals surface area contributed by atoms with Gasteiger partial charge in [-0.3, -0.25) is 14.2 Å². The number of rotatable bonds is 5. The molecule has 1 fully saturated rings. The first-order valence-electron chi connectivity index (χ1n) is 9.29. The minimum Gasteiger partial charge on any atom is -0.463 e. The van der Waals surface area contributed by atoms with E-state index in [-0.39, 0.29) is 33.8 Å². The van der Waals surface area contributed by atoms with Crippen molar-refractivity contribution in [3.63, 3.8) is 0 Å². The Kier molecular flexibility index (Phi) is 7.57. The smallest absolute Gasteiger partial charge is 0.333 e. The number of carbonyl (C=O) groups is 2.